The molecule has 0 bridgehead atoms. The molecule has 0 heterocycles. The van der Waals surface area contributed by atoms with E-state index in [1.54, 1.807) is 6.07 Å². The molecule has 52 heavy (non-hydrogen) atoms. The Morgan fingerprint density at radius 3 is 1.38 bits per heavy atom. The molecule has 0 saturated carbocycles. The van der Waals surface area contributed by atoms with E-state index >= 15 is 0 Å². The molecule has 0 N–H and O–H groups in total. The number of para-hydroxylation sites is 4. The van der Waals surface area contributed by atoms with Crippen LogP contribution in [-0.2, 0) is 10.9 Å². The van der Waals surface area contributed by atoms with Gasteiger partial charge >= 0.3 is 17.2 Å². The maximum absolute atomic E-state index is 14.8. The molecule has 1 unspecified atom stereocenters. The second-order valence-corrected chi connectivity index (χ2v) is 15.0. The molecule has 0 aliphatic heterocycles. The molecule has 0 aromatic heterocycles. The van der Waals surface area contributed by atoms with E-state index in [4.69, 9.17) is 27.1 Å². The number of fused-ring (bicyclic) bond motifs is 1. The van der Waals surface area contributed by atoms with Gasteiger partial charge in [0, 0.05) is 0 Å². The minimum absolute atomic E-state index is 0.133. The van der Waals surface area contributed by atoms with Gasteiger partial charge in [0.15, 0.2) is 0 Å². The van der Waals surface area contributed by atoms with E-state index in [1.807, 2.05) is 143 Å². The third-order valence-corrected chi connectivity index (χ3v) is 11.1. The average Bonchev–Trinajstić information content (AvgIpc) is 3.12. The van der Waals surface area contributed by atoms with E-state index in [-0.39, 0.29) is 11.7 Å². The summed E-state index contributed by atoms with van der Waals surface area (Å²) in [5.74, 6) is 3.34. The van der Waals surface area contributed by atoms with Gasteiger partial charge in [-0.3, -0.25) is 4.79 Å². The molecule has 7 rings (SSSR count). The molecule has 9 heteroatoms. The number of hydrogen-bond acceptors (Lipinski definition) is 7. The van der Waals surface area contributed by atoms with Crippen LogP contribution in [0.1, 0.15) is 51.5 Å². The zero-order valence-corrected chi connectivity index (χ0v) is 31.6. The van der Waals surface area contributed by atoms with Crippen LogP contribution in [0.5, 0.6) is 28.7 Å². The summed E-state index contributed by atoms with van der Waals surface area (Å²) < 4.78 is 38.9. The minimum Gasteiger partial charge on any atom is -0.408 e. The number of hydrogen-bond donors (Lipinski definition) is 0. The molecular weight excluding hydrogens is 690 g/mol. The number of benzene rings is 5. The van der Waals surface area contributed by atoms with Crippen molar-refractivity contribution in [2.24, 2.45) is 5.92 Å². The highest BCUT2D eigenvalue weighted by Gasteiger charge is 2.38. The maximum Gasteiger partial charge on any atom is 0.530 e. The summed E-state index contributed by atoms with van der Waals surface area (Å²) in [7, 11) is -4.04. The van der Waals surface area contributed by atoms with E-state index in [0.29, 0.717) is 52.1 Å². The first-order valence-electron chi connectivity index (χ1n) is 17.2. The number of rotatable bonds is 12. The lowest BCUT2D eigenvalue weighted by Crippen LogP contribution is -2.24. The van der Waals surface area contributed by atoms with Gasteiger partial charge in [0.2, 0.25) is 5.78 Å². The van der Waals surface area contributed by atoms with E-state index in [1.165, 1.54) is 0 Å². The predicted octanol–water partition coefficient (Wildman–Crippen LogP) is 12.0. The quantitative estimate of drug-likeness (QED) is 0.118. The second-order valence-electron chi connectivity index (χ2n) is 13.0. The van der Waals surface area contributed by atoms with Crippen molar-refractivity contribution in [3.05, 3.63) is 172 Å². The molecule has 264 valence electrons. The Labute approximate surface area is 307 Å². The summed E-state index contributed by atoms with van der Waals surface area (Å²) in [6.07, 6.45) is 3.30. The van der Waals surface area contributed by atoms with Crippen LogP contribution in [0, 0.1) is 33.6 Å². The number of aryl methyl sites for hydroxylation is 4. The van der Waals surface area contributed by atoms with Gasteiger partial charge in [0.1, 0.15) is 34.5 Å². The smallest absolute Gasteiger partial charge is 0.408 e. The first-order valence-corrected chi connectivity index (χ1v) is 19.4. The van der Waals surface area contributed by atoms with Crippen molar-refractivity contribution >= 4 is 23.0 Å². The summed E-state index contributed by atoms with van der Waals surface area (Å²) in [6, 6.07) is 36.6. The van der Waals surface area contributed by atoms with Crippen LogP contribution in [-0.4, -0.2) is 5.78 Å². The summed E-state index contributed by atoms with van der Waals surface area (Å²) in [5.41, 5.74) is 6.63. The van der Waals surface area contributed by atoms with Crippen LogP contribution in [0.15, 0.2) is 138 Å². The lowest BCUT2D eigenvalue weighted by molar-refractivity contribution is 0.102. The molecule has 0 radical (unpaired) electrons. The molecule has 5 aromatic carbocycles. The molecule has 5 aromatic rings. The molecule has 0 amide bonds. The monoisotopic (exact) mass is 730 g/mol. The molecule has 0 spiro atoms. The fourth-order valence-corrected chi connectivity index (χ4v) is 8.53. The van der Waals surface area contributed by atoms with Crippen molar-refractivity contribution in [2.45, 2.75) is 47.5 Å². The minimum atomic E-state index is -2.02. The predicted molar refractivity (Wildman–Crippen MR) is 206 cm³/mol. The molecule has 0 fully saturated rings. The second kappa shape index (κ2) is 15.7. The largest absolute Gasteiger partial charge is 0.530 e. The Morgan fingerprint density at radius 1 is 0.519 bits per heavy atom. The van der Waals surface area contributed by atoms with Gasteiger partial charge in [-0.05, 0) is 111 Å². The van der Waals surface area contributed by atoms with Crippen LogP contribution >= 0.6 is 17.2 Å². The van der Waals surface area contributed by atoms with E-state index in [9.17, 15) is 4.79 Å². The average molecular weight is 731 g/mol. The van der Waals surface area contributed by atoms with Gasteiger partial charge in [-0.25, -0.2) is 0 Å². The van der Waals surface area contributed by atoms with E-state index in [0.717, 1.165) is 39.8 Å². The number of Topliss-reactive ketones (excluding diaryl/α,β-unsaturated/α-hetero) is 1. The topological polar surface area (TPSA) is 72.5 Å². The first-order chi connectivity index (χ1) is 25.2. The highest BCUT2D eigenvalue weighted by Crippen LogP contribution is 2.51. The SMILES string of the molecule is Cc1ccccc1OP(OC1=CC(C)CC2=C1C(=O)c1c(cccc1OP(Oc1ccccc1C)Oc1ccccc1C)C2)Oc1ccccc1C. The Kier molecular flexibility index (Phi) is 10.6. The summed E-state index contributed by atoms with van der Waals surface area (Å²) in [4.78, 5) is 14.8. The fraction of sp³-hybridized carbons (Fsp3) is 0.186. The third kappa shape index (κ3) is 7.87. The Balaban J connectivity index is 1.21. The van der Waals surface area contributed by atoms with E-state index in [2.05, 4.69) is 6.92 Å². The van der Waals surface area contributed by atoms with Gasteiger partial charge in [-0.15, -0.1) is 0 Å². The Bertz CT molecular complexity index is 2080. The highest BCUT2D eigenvalue weighted by atomic mass is 31.2. The van der Waals surface area contributed by atoms with E-state index < -0.39 is 17.2 Å². The molecule has 7 nitrogen and oxygen atoms in total. The van der Waals surface area contributed by atoms with Gasteiger partial charge in [0.05, 0.1) is 11.1 Å². The lowest BCUT2D eigenvalue weighted by atomic mass is 9.77. The van der Waals surface area contributed by atoms with Crippen molar-refractivity contribution in [1.29, 1.82) is 0 Å². The van der Waals surface area contributed by atoms with Crippen molar-refractivity contribution in [3.63, 3.8) is 0 Å². The zero-order valence-electron chi connectivity index (χ0n) is 29.8. The van der Waals surface area contributed by atoms with Gasteiger partial charge in [0.25, 0.3) is 0 Å². The van der Waals surface area contributed by atoms with Crippen LogP contribution in [0.25, 0.3) is 0 Å². The van der Waals surface area contributed by atoms with Gasteiger partial charge in [-0.1, -0.05) is 97.4 Å². The summed E-state index contributed by atoms with van der Waals surface area (Å²) >= 11 is 0. The summed E-state index contributed by atoms with van der Waals surface area (Å²) in [6.45, 7) is 10.0. The number of carbonyl (C=O) groups excluding carboxylic acids is 1. The maximum atomic E-state index is 14.8. The molecular formula is C43H40O7P2. The molecule has 1 atom stereocenters. The highest BCUT2D eigenvalue weighted by molar-refractivity contribution is 7.43. The van der Waals surface area contributed by atoms with Gasteiger partial charge < -0.3 is 27.1 Å². The van der Waals surface area contributed by atoms with Crippen molar-refractivity contribution in [3.8, 4) is 28.7 Å². The number of allylic oxidation sites excluding steroid dienone is 3. The molecule has 0 saturated heterocycles. The van der Waals surface area contributed by atoms with Gasteiger partial charge in [-0.2, -0.15) is 0 Å². The third-order valence-electron chi connectivity index (χ3n) is 8.99. The number of ketones is 1. The molecule has 2 aliphatic carbocycles. The number of carbonyl (C=O) groups is 1. The first kappa shape index (κ1) is 35.3. The van der Waals surface area contributed by atoms with Crippen LogP contribution in [0.2, 0.25) is 0 Å². The van der Waals surface area contributed by atoms with Crippen LogP contribution in [0.4, 0.5) is 0 Å². The van der Waals surface area contributed by atoms with Crippen molar-refractivity contribution < 1.29 is 31.9 Å². The van der Waals surface area contributed by atoms with Crippen LogP contribution in [0.3, 0.4) is 0 Å². The lowest BCUT2D eigenvalue weighted by Gasteiger charge is -2.31. The normalized spacial score (nSPS) is 15.1. The Hall–Kier alpha value is -5.09. The Morgan fingerprint density at radius 2 is 0.923 bits per heavy atom. The summed E-state index contributed by atoms with van der Waals surface area (Å²) in [5, 5.41) is 0. The molecule has 2 aliphatic rings. The van der Waals surface area contributed by atoms with Crippen LogP contribution < -0.4 is 22.6 Å². The zero-order chi connectivity index (χ0) is 36.2. The van der Waals surface area contributed by atoms with Crippen molar-refractivity contribution in [2.75, 3.05) is 0 Å². The standard InChI is InChI=1S/C43H40O7P2/c1-28-25-34-27-33-19-14-24-39(49-51(45-35-20-10-6-15-29(35)2)46-36-21-11-7-16-30(36)3)41(33)43(44)42(34)40(26-28)50-52(47-37-22-12-8-17-31(37)4)48-38-23-13-9-18-32(38)5/h6-24,26,28H,25,27H2,1-5H3. The van der Waals surface area contributed by atoms with Crippen molar-refractivity contribution in [1.82, 2.24) is 0 Å². The fourth-order valence-electron chi connectivity index (χ4n) is 6.22.